The van der Waals surface area contributed by atoms with Gasteiger partial charge in [-0.25, -0.2) is 0 Å². The summed E-state index contributed by atoms with van der Waals surface area (Å²) in [5.41, 5.74) is 1.72. The number of carbonyl (C=O) groups excluding carboxylic acids is 1. The number of fused-ring (bicyclic) bond motifs is 3. The molecule has 3 heterocycles. The zero-order valence-corrected chi connectivity index (χ0v) is 11.8. The first-order chi connectivity index (χ1) is 9.67. The lowest BCUT2D eigenvalue weighted by atomic mass is 9.99. The lowest BCUT2D eigenvalue weighted by molar-refractivity contribution is -0.134. The Hall–Kier alpha value is -1.80. The molecule has 106 valence electrons. The maximum atomic E-state index is 12.3. The molecule has 2 aliphatic heterocycles. The maximum Gasteiger partial charge on any atom is 0.227 e. The molecule has 1 aromatic rings. The van der Waals surface area contributed by atoms with Crippen LogP contribution in [0.3, 0.4) is 0 Å². The molecule has 0 aromatic carbocycles. The van der Waals surface area contributed by atoms with E-state index in [4.69, 9.17) is 5.26 Å². The van der Waals surface area contributed by atoms with Gasteiger partial charge in [0.15, 0.2) is 0 Å². The summed E-state index contributed by atoms with van der Waals surface area (Å²) in [5.74, 6) is 0.448. The van der Waals surface area contributed by atoms with E-state index in [0.717, 1.165) is 44.5 Å². The van der Waals surface area contributed by atoms with E-state index in [-0.39, 0.29) is 5.92 Å². The summed E-state index contributed by atoms with van der Waals surface area (Å²) in [5, 5.41) is 8.86. The number of H-pyrrole nitrogens is 1. The first kappa shape index (κ1) is 13.2. The molecule has 0 unspecified atom stereocenters. The zero-order valence-electron chi connectivity index (χ0n) is 11.8. The number of amides is 1. The van der Waals surface area contributed by atoms with E-state index in [0.29, 0.717) is 17.6 Å². The van der Waals surface area contributed by atoms with Crippen molar-refractivity contribution in [2.75, 3.05) is 20.1 Å². The zero-order chi connectivity index (χ0) is 14.1. The molecule has 1 amide bonds. The summed E-state index contributed by atoms with van der Waals surface area (Å²) < 4.78 is 0. The van der Waals surface area contributed by atoms with E-state index in [1.54, 1.807) is 0 Å². The summed E-state index contributed by atoms with van der Waals surface area (Å²) >= 11 is 0. The highest BCUT2D eigenvalue weighted by molar-refractivity contribution is 5.79. The molecule has 0 spiro atoms. The van der Waals surface area contributed by atoms with Gasteiger partial charge < -0.3 is 9.88 Å². The van der Waals surface area contributed by atoms with Crippen molar-refractivity contribution in [2.24, 2.45) is 5.92 Å². The first-order valence-corrected chi connectivity index (χ1v) is 7.24. The van der Waals surface area contributed by atoms with Gasteiger partial charge >= 0.3 is 0 Å². The van der Waals surface area contributed by atoms with Crippen molar-refractivity contribution < 1.29 is 4.79 Å². The summed E-state index contributed by atoms with van der Waals surface area (Å²) in [6.45, 7) is 2.59. The van der Waals surface area contributed by atoms with Crippen LogP contribution in [0.15, 0.2) is 12.3 Å². The van der Waals surface area contributed by atoms with Crippen LogP contribution >= 0.6 is 0 Å². The maximum absolute atomic E-state index is 12.3. The van der Waals surface area contributed by atoms with Crippen LogP contribution in [0.1, 0.15) is 30.5 Å². The van der Waals surface area contributed by atoms with Gasteiger partial charge in [-0.3, -0.25) is 9.69 Å². The highest BCUT2D eigenvalue weighted by atomic mass is 16.2. The topological polar surface area (TPSA) is 63.1 Å². The highest BCUT2D eigenvalue weighted by Crippen LogP contribution is 2.27. The van der Waals surface area contributed by atoms with Gasteiger partial charge in [0.2, 0.25) is 5.91 Å². The van der Waals surface area contributed by atoms with Gasteiger partial charge in [-0.2, -0.15) is 5.26 Å². The standard InChI is InChI=1S/C15H20N4O/c1-18-14-4-2-3-12(15(18)20)9-19(10-14)8-11-5-13(6-16)17-7-11/h5,7,12,14,17H,2-4,8-10H2,1H3/t12-,14+/m1/s1. The quantitative estimate of drug-likeness (QED) is 0.883. The number of carbonyl (C=O) groups is 1. The van der Waals surface area contributed by atoms with E-state index in [9.17, 15) is 4.79 Å². The Morgan fingerprint density at radius 2 is 2.30 bits per heavy atom. The van der Waals surface area contributed by atoms with Crippen LogP contribution in [0.5, 0.6) is 0 Å². The lowest BCUT2D eigenvalue weighted by Gasteiger charge is -2.29. The van der Waals surface area contributed by atoms with Crippen molar-refractivity contribution in [1.29, 1.82) is 5.26 Å². The Morgan fingerprint density at radius 3 is 3.05 bits per heavy atom. The number of rotatable bonds is 2. The second kappa shape index (κ2) is 5.29. The molecule has 2 fully saturated rings. The minimum Gasteiger partial charge on any atom is -0.353 e. The Bertz CT molecular complexity index is 544. The molecular formula is C15H20N4O. The van der Waals surface area contributed by atoms with Crippen LogP contribution in [0.4, 0.5) is 0 Å². The number of nitriles is 1. The molecule has 2 bridgehead atoms. The van der Waals surface area contributed by atoms with Crippen LogP contribution in [0.2, 0.25) is 0 Å². The fourth-order valence-corrected chi connectivity index (χ4v) is 3.43. The van der Waals surface area contributed by atoms with Crippen molar-refractivity contribution in [3.8, 4) is 6.07 Å². The Morgan fingerprint density at radius 1 is 1.45 bits per heavy atom. The van der Waals surface area contributed by atoms with E-state index in [2.05, 4.69) is 16.0 Å². The SMILES string of the molecule is CN1C(=O)[C@@H]2CCC[C@H]1CN(Cc1c[nH]c(C#N)c1)C2. The third kappa shape index (κ3) is 2.44. The minimum atomic E-state index is 0.141. The minimum absolute atomic E-state index is 0.141. The summed E-state index contributed by atoms with van der Waals surface area (Å²) in [6, 6.07) is 4.35. The van der Waals surface area contributed by atoms with Crippen molar-refractivity contribution in [2.45, 2.75) is 31.8 Å². The van der Waals surface area contributed by atoms with Gasteiger partial charge in [-0.1, -0.05) is 6.42 Å². The van der Waals surface area contributed by atoms with Crippen LogP contribution in [-0.4, -0.2) is 46.9 Å². The molecule has 20 heavy (non-hydrogen) atoms. The predicted molar refractivity (Wildman–Crippen MR) is 74.7 cm³/mol. The van der Waals surface area contributed by atoms with Crippen molar-refractivity contribution in [1.82, 2.24) is 14.8 Å². The van der Waals surface area contributed by atoms with Gasteiger partial charge in [0.25, 0.3) is 0 Å². The van der Waals surface area contributed by atoms with Crippen molar-refractivity contribution in [3.05, 3.63) is 23.5 Å². The number of hydrogen-bond donors (Lipinski definition) is 1. The number of aromatic amines is 1. The third-order valence-electron chi connectivity index (χ3n) is 4.55. The van der Waals surface area contributed by atoms with Crippen LogP contribution in [-0.2, 0) is 11.3 Å². The average Bonchev–Trinajstić information content (AvgIpc) is 2.79. The predicted octanol–water partition coefficient (Wildman–Crippen LogP) is 1.33. The van der Waals surface area contributed by atoms with E-state index < -0.39 is 0 Å². The van der Waals surface area contributed by atoms with Crippen LogP contribution in [0, 0.1) is 17.2 Å². The second-order valence-electron chi connectivity index (χ2n) is 5.96. The second-order valence-corrected chi connectivity index (χ2v) is 5.96. The fourth-order valence-electron chi connectivity index (χ4n) is 3.43. The molecule has 0 saturated carbocycles. The van der Waals surface area contributed by atoms with Gasteiger partial charge in [-0.15, -0.1) is 0 Å². The number of nitrogens with one attached hydrogen (secondary N) is 1. The Balaban J connectivity index is 1.75. The number of nitrogens with zero attached hydrogens (tertiary/aromatic N) is 3. The summed E-state index contributed by atoms with van der Waals surface area (Å²) in [7, 11) is 1.94. The van der Waals surface area contributed by atoms with Crippen LogP contribution < -0.4 is 0 Å². The average molecular weight is 272 g/mol. The molecule has 1 N–H and O–H groups in total. The molecular weight excluding hydrogens is 252 g/mol. The summed E-state index contributed by atoms with van der Waals surface area (Å²) in [6.07, 6.45) is 5.16. The molecule has 5 nitrogen and oxygen atoms in total. The highest BCUT2D eigenvalue weighted by Gasteiger charge is 2.36. The number of hydrogen-bond acceptors (Lipinski definition) is 3. The molecule has 0 aliphatic carbocycles. The number of aromatic nitrogens is 1. The third-order valence-corrected chi connectivity index (χ3v) is 4.55. The molecule has 0 radical (unpaired) electrons. The lowest BCUT2D eigenvalue weighted by Crippen LogP contribution is -2.40. The molecule has 2 saturated heterocycles. The van der Waals surface area contributed by atoms with E-state index in [1.165, 1.54) is 0 Å². The van der Waals surface area contributed by atoms with E-state index in [1.807, 2.05) is 24.2 Å². The first-order valence-electron chi connectivity index (χ1n) is 7.24. The van der Waals surface area contributed by atoms with Crippen molar-refractivity contribution in [3.63, 3.8) is 0 Å². The smallest absolute Gasteiger partial charge is 0.227 e. The molecule has 2 atom stereocenters. The summed E-state index contributed by atoms with van der Waals surface area (Å²) in [4.78, 5) is 19.6. The Labute approximate surface area is 119 Å². The molecule has 1 aromatic heterocycles. The van der Waals surface area contributed by atoms with Gasteiger partial charge in [0.05, 0.1) is 5.92 Å². The number of likely N-dealkylation sites (N-methyl/N-ethyl adjacent to an activating group) is 1. The number of likely N-dealkylation sites (tertiary alicyclic amines) is 1. The van der Waals surface area contributed by atoms with Gasteiger partial charge in [0, 0.05) is 38.9 Å². The monoisotopic (exact) mass is 272 g/mol. The molecule has 2 aliphatic rings. The van der Waals surface area contributed by atoms with Crippen LogP contribution in [0.25, 0.3) is 0 Å². The largest absolute Gasteiger partial charge is 0.353 e. The van der Waals surface area contributed by atoms with E-state index >= 15 is 0 Å². The van der Waals surface area contributed by atoms with Crippen molar-refractivity contribution >= 4 is 5.91 Å². The molecule has 3 rings (SSSR count). The molecule has 5 heteroatoms. The van der Waals surface area contributed by atoms with Gasteiger partial charge in [-0.05, 0) is 24.5 Å². The fraction of sp³-hybridized carbons (Fsp3) is 0.600. The Kier molecular flexibility index (Phi) is 3.49. The van der Waals surface area contributed by atoms with Gasteiger partial charge in [0.1, 0.15) is 11.8 Å². The normalized spacial score (nSPS) is 27.2.